The molecule has 0 aliphatic carbocycles. The van der Waals surface area contributed by atoms with E-state index in [1.165, 1.54) is 0 Å². The molecule has 7 nitrogen and oxygen atoms in total. The van der Waals surface area contributed by atoms with Crippen LogP contribution in [-0.4, -0.2) is 49.3 Å². The summed E-state index contributed by atoms with van der Waals surface area (Å²) < 4.78 is 28.8. The third kappa shape index (κ3) is 4.44. The van der Waals surface area contributed by atoms with Gasteiger partial charge in [-0.05, 0) is 24.3 Å². The Morgan fingerprint density at radius 2 is 1.88 bits per heavy atom. The van der Waals surface area contributed by atoms with Gasteiger partial charge in [0, 0.05) is 67.6 Å². The molecule has 0 unspecified atom stereocenters. The van der Waals surface area contributed by atoms with Gasteiger partial charge in [-0.25, -0.2) is 18.7 Å². The van der Waals surface area contributed by atoms with Crippen molar-refractivity contribution in [1.29, 1.82) is 0 Å². The van der Waals surface area contributed by atoms with Gasteiger partial charge in [-0.2, -0.15) is 0 Å². The van der Waals surface area contributed by atoms with E-state index >= 15 is 0 Å². The summed E-state index contributed by atoms with van der Waals surface area (Å²) in [5.41, 5.74) is 3.73. The minimum absolute atomic E-state index is 0.108. The molecule has 0 radical (unpaired) electrons. The zero-order chi connectivity index (χ0) is 23.0. The second kappa shape index (κ2) is 8.31. The molecule has 0 aromatic carbocycles. The molecule has 0 N–H and O–H groups in total. The van der Waals surface area contributed by atoms with Crippen LogP contribution < -0.4 is 4.90 Å². The van der Waals surface area contributed by atoms with E-state index < -0.39 is 5.92 Å². The van der Waals surface area contributed by atoms with E-state index in [1.54, 1.807) is 48.1 Å². The quantitative estimate of drug-likeness (QED) is 0.428. The summed E-state index contributed by atoms with van der Waals surface area (Å²) in [7, 11) is 1.92. The standard InChI is InChI=1S/C24H22F2N6O/c1-31-15-27-14-21(31)18-8-17-9-19(29-13-20(17)30-12-18)11-22(33)16-2-5-28-23(10-16)32-6-3-24(25,26)4-7-32/h2,5,8-10,12-15H,3-4,6-7,11H2,1H3. The number of rotatable bonds is 5. The summed E-state index contributed by atoms with van der Waals surface area (Å²) in [5, 5.41) is 0.885. The highest BCUT2D eigenvalue weighted by Crippen LogP contribution is 2.30. The average Bonchev–Trinajstić information content (AvgIpc) is 3.24. The van der Waals surface area contributed by atoms with Crippen LogP contribution in [0, 0.1) is 0 Å². The highest BCUT2D eigenvalue weighted by Gasteiger charge is 2.34. The van der Waals surface area contributed by atoms with E-state index in [2.05, 4.69) is 19.9 Å². The molecule has 0 spiro atoms. The second-order valence-corrected chi connectivity index (χ2v) is 8.33. The number of anilines is 1. The molecule has 4 aromatic heterocycles. The number of nitrogens with zero attached hydrogens (tertiary/aromatic N) is 6. The number of imidazole rings is 1. The van der Waals surface area contributed by atoms with Crippen LogP contribution in [0.5, 0.6) is 0 Å². The SMILES string of the molecule is Cn1cncc1-c1cnc2cnc(CC(=O)c3ccnc(N4CCC(F)(F)CC4)c3)cc2c1. The highest BCUT2D eigenvalue weighted by molar-refractivity contribution is 5.98. The van der Waals surface area contributed by atoms with Crippen LogP contribution in [0.1, 0.15) is 28.9 Å². The first-order valence-electron chi connectivity index (χ1n) is 10.7. The van der Waals surface area contributed by atoms with Gasteiger partial charge in [0.2, 0.25) is 0 Å². The van der Waals surface area contributed by atoms with Gasteiger partial charge in [-0.3, -0.25) is 14.8 Å². The number of aryl methyl sites for hydroxylation is 1. The fourth-order valence-corrected chi connectivity index (χ4v) is 4.04. The number of Topliss-reactive ketones (excluding diaryl/α,β-unsaturated/α-hetero) is 1. The molecule has 4 aromatic rings. The monoisotopic (exact) mass is 448 g/mol. The van der Waals surface area contributed by atoms with Gasteiger partial charge >= 0.3 is 0 Å². The molecule has 0 amide bonds. The average molecular weight is 448 g/mol. The predicted octanol–water partition coefficient (Wildman–Crippen LogP) is 4.09. The van der Waals surface area contributed by atoms with Crippen LogP contribution in [0.2, 0.25) is 0 Å². The van der Waals surface area contributed by atoms with Crippen LogP contribution in [0.25, 0.3) is 22.2 Å². The molecule has 9 heteroatoms. The third-order valence-corrected chi connectivity index (χ3v) is 5.96. The number of carbonyl (C=O) groups excluding carboxylic acids is 1. The minimum atomic E-state index is -2.63. The maximum atomic E-state index is 13.5. The van der Waals surface area contributed by atoms with Gasteiger partial charge in [0.15, 0.2) is 5.78 Å². The lowest BCUT2D eigenvalue weighted by molar-refractivity contribution is -0.0221. The number of aromatic nitrogens is 5. The normalized spacial score (nSPS) is 15.7. The van der Waals surface area contributed by atoms with Gasteiger partial charge in [-0.1, -0.05) is 0 Å². The lowest BCUT2D eigenvalue weighted by Crippen LogP contribution is -2.39. The molecule has 5 rings (SSSR count). The molecule has 0 atom stereocenters. The number of hydrogen-bond donors (Lipinski definition) is 0. The van der Waals surface area contributed by atoms with E-state index in [0.717, 1.165) is 22.2 Å². The van der Waals surface area contributed by atoms with Gasteiger partial charge in [0.1, 0.15) is 5.82 Å². The number of carbonyl (C=O) groups is 1. The summed E-state index contributed by atoms with van der Waals surface area (Å²) in [6.45, 7) is 0.436. The Kier molecular flexibility index (Phi) is 5.32. The molecular formula is C24H22F2N6O. The van der Waals surface area contributed by atoms with Crippen LogP contribution in [0.4, 0.5) is 14.6 Å². The van der Waals surface area contributed by atoms with Gasteiger partial charge < -0.3 is 9.47 Å². The van der Waals surface area contributed by atoms with Crippen molar-refractivity contribution in [3.63, 3.8) is 0 Å². The van der Waals surface area contributed by atoms with Crippen LogP contribution >= 0.6 is 0 Å². The van der Waals surface area contributed by atoms with Crippen molar-refractivity contribution in [2.24, 2.45) is 7.05 Å². The number of hydrogen-bond acceptors (Lipinski definition) is 6. The van der Waals surface area contributed by atoms with Crippen LogP contribution in [0.3, 0.4) is 0 Å². The number of fused-ring (bicyclic) bond motifs is 1. The molecule has 1 fully saturated rings. The maximum absolute atomic E-state index is 13.5. The Morgan fingerprint density at radius 1 is 1.06 bits per heavy atom. The Bertz CT molecular complexity index is 1330. The van der Waals surface area contributed by atoms with Crippen molar-refractivity contribution in [2.45, 2.75) is 25.2 Å². The fourth-order valence-electron chi connectivity index (χ4n) is 4.04. The van der Waals surface area contributed by atoms with Crippen molar-refractivity contribution >= 4 is 22.5 Å². The van der Waals surface area contributed by atoms with Crippen molar-refractivity contribution < 1.29 is 13.6 Å². The summed E-state index contributed by atoms with van der Waals surface area (Å²) in [6.07, 6.45) is 8.21. The fraction of sp³-hybridized carbons (Fsp3) is 0.292. The lowest BCUT2D eigenvalue weighted by atomic mass is 10.0. The molecule has 33 heavy (non-hydrogen) atoms. The van der Waals surface area contributed by atoms with Crippen molar-refractivity contribution in [2.75, 3.05) is 18.0 Å². The summed E-state index contributed by atoms with van der Waals surface area (Å²) >= 11 is 0. The Labute approximate surface area is 189 Å². The van der Waals surface area contributed by atoms with E-state index in [-0.39, 0.29) is 38.1 Å². The van der Waals surface area contributed by atoms with Gasteiger partial charge in [-0.15, -0.1) is 0 Å². The van der Waals surface area contributed by atoms with Crippen molar-refractivity contribution in [3.05, 3.63) is 66.6 Å². The van der Waals surface area contributed by atoms with E-state index in [0.29, 0.717) is 17.1 Å². The number of halogens is 2. The molecule has 1 aliphatic heterocycles. The maximum Gasteiger partial charge on any atom is 0.251 e. The Balaban J connectivity index is 1.35. The summed E-state index contributed by atoms with van der Waals surface area (Å²) in [6, 6.07) is 7.20. The first-order valence-corrected chi connectivity index (χ1v) is 10.7. The molecule has 168 valence electrons. The zero-order valence-electron chi connectivity index (χ0n) is 18.1. The minimum Gasteiger partial charge on any atom is -0.356 e. The summed E-state index contributed by atoms with van der Waals surface area (Å²) in [5.74, 6) is -2.19. The lowest BCUT2D eigenvalue weighted by Gasteiger charge is -2.32. The van der Waals surface area contributed by atoms with E-state index in [1.807, 2.05) is 23.7 Å². The third-order valence-electron chi connectivity index (χ3n) is 5.96. The number of pyridine rings is 3. The van der Waals surface area contributed by atoms with Crippen LogP contribution in [-0.2, 0) is 13.5 Å². The Hall–Kier alpha value is -3.75. The smallest absolute Gasteiger partial charge is 0.251 e. The van der Waals surface area contributed by atoms with Crippen molar-refractivity contribution in [3.8, 4) is 11.3 Å². The molecule has 1 saturated heterocycles. The van der Waals surface area contributed by atoms with Crippen molar-refractivity contribution in [1.82, 2.24) is 24.5 Å². The first kappa shape index (κ1) is 21.1. The second-order valence-electron chi connectivity index (χ2n) is 8.33. The number of ketones is 1. The number of alkyl halides is 2. The van der Waals surface area contributed by atoms with Crippen LogP contribution in [0.15, 0.2) is 55.4 Å². The van der Waals surface area contributed by atoms with Gasteiger partial charge in [0.25, 0.3) is 5.92 Å². The van der Waals surface area contributed by atoms with E-state index in [9.17, 15) is 13.6 Å². The van der Waals surface area contributed by atoms with Gasteiger partial charge in [0.05, 0.1) is 36.4 Å². The molecule has 5 heterocycles. The highest BCUT2D eigenvalue weighted by atomic mass is 19.3. The molecule has 0 bridgehead atoms. The number of piperidine rings is 1. The molecule has 0 saturated carbocycles. The molecule has 1 aliphatic rings. The largest absolute Gasteiger partial charge is 0.356 e. The zero-order valence-corrected chi connectivity index (χ0v) is 18.1. The first-order chi connectivity index (χ1) is 15.9. The predicted molar refractivity (Wildman–Crippen MR) is 120 cm³/mol. The Morgan fingerprint density at radius 3 is 2.64 bits per heavy atom. The topological polar surface area (TPSA) is 76.8 Å². The van der Waals surface area contributed by atoms with E-state index in [4.69, 9.17) is 0 Å². The summed E-state index contributed by atoms with van der Waals surface area (Å²) in [4.78, 5) is 32.1. The molecular weight excluding hydrogens is 426 g/mol.